The number of nitrogens with two attached hydrogens (primary N) is 1. The average Bonchev–Trinajstić information content (AvgIpc) is 2.42. The maximum absolute atomic E-state index is 11.7. The number of benzene rings is 1. The molecule has 0 amide bonds. The standard InChI is InChI=1S/C15H21NO4/c1-2-19-14(17)9-4-3-5-10-20-15(18)12-7-6-8-13(16)11-12/h6-8,11H,2-5,9-10,16H2,1H3. The van der Waals surface area contributed by atoms with E-state index in [2.05, 4.69) is 0 Å². The zero-order chi connectivity index (χ0) is 14.8. The van der Waals surface area contributed by atoms with Gasteiger partial charge >= 0.3 is 11.9 Å². The molecule has 5 heteroatoms. The van der Waals surface area contributed by atoms with Crippen LogP contribution in [0.1, 0.15) is 43.0 Å². The molecule has 2 N–H and O–H groups in total. The van der Waals surface area contributed by atoms with Gasteiger partial charge in [-0.25, -0.2) is 4.79 Å². The molecule has 0 fully saturated rings. The van der Waals surface area contributed by atoms with Crippen LogP contribution in [0, 0.1) is 0 Å². The van der Waals surface area contributed by atoms with E-state index >= 15 is 0 Å². The van der Waals surface area contributed by atoms with Crippen LogP contribution in [0.5, 0.6) is 0 Å². The molecule has 20 heavy (non-hydrogen) atoms. The lowest BCUT2D eigenvalue weighted by Crippen LogP contribution is -2.07. The highest BCUT2D eigenvalue weighted by molar-refractivity contribution is 5.90. The second-order valence-corrected chi connectivity index (χ2v) is 4.38. The molecule has 0 saturated heterocycles. The second kappa shape index (κ2) is 8.96. The summed E-state index contributed by atoms with van der Waals surface area (Å²) in [6.07, 6.45) is 2.71. The van der Waals surface area contributed by atoms with Gasteiger partial charge in [0.2, 0.25) is 0 Å². The SMILES string of the molecule is CCOC(=O)CCCCCOC(=O)c1cccc(N)c1. The molecular formula is C15H21NO4. The van der Waals surface area contributed by atoms with Crippen LogP contribution < -0.4 is 5.73 Å². The van der Waals surface area contributed by atoms with Gasteiger partial charge in [-0.2, -0.15) is 0 Å². The van der Waals surface area contributed by atoms with E-state index in [4.69, 9.17) is 15.2 Å². The summed E-state index contributed by atoms with van der Waals surface area (Å²) in [5, 5.41) is 0. The van der Waals surface area contributed by atoms with E-state index in [0.717, 1.165) is 19.3 Å². The molecule has 0 aliphatic carbocycles. The molecule has 0 saturated carbocycles. The van der Waals surface area contributed by atoms with Crippen molar-refractivity contribution in [3.63, 3.8) is 0 Å². The maximum Gasteiger partial charge on any atom is 0.338 e. The molecule has 0 aromatic heterocycles. The van der Waals surface area contributed by atoms with Crippen LogP contribution in [0.4, 0.5) is 5.69 Å². The molecule has 0 atom stereocenters. The first-order chi connectivity index (χ1) is 9.63. The van der Waals surface area contributed by atoms with Crippen molar-refractivity contribution in [1.82, 2.24) is 0 Å². The van der Waals surface area contributed by atoms with Gasteiger partial charge in [0.05, 0.1) is 18.8 Å². The monoisotopic (exact) mass is 279 g/mol. The van der Waals surface area contributed by atoms with Gasteiger partial charge in [0.1, 0.15) is 0 Å². The molecule has 5 nitrogen and oxygen atoms in total. The number of hydrogen-bond acceptors (Lipinski definition) is 5. The fourth-order valence-corrected chi connectivity index (χ4v) is 1.70. The Kier molecular flexibility index (Phi) is 7.17. The molecule has 0 unspecified atom stereocenters. The van der Waals surface area contributed by atoms with Crippen molar-refractivity contribution in [3.8, 4) is 0 Å². The van der Waals surface area contributed by atoms with E-state index in [9.17, 15) is 9.59 Å². The van der Waals surface area contributed by atoms with E-state index in [1.807, 2.05) is 0 Å². The van der Waals surface area contributed by atoms with Crippen molar-refractivity contribution >= 4 is 17.6 Å². The smallest absolute Gasteiger partial charge is 0.338 e. The first kappa shape index (κ1) is 16.0. The van der Waals surface area contributed by atoms with Crippen LogP contribution in [0.3, 0.4) is 0 Å². The zero-order valence-corrected chi connectivity index (χ0v) is 11.8. The van der Waals surface area contributed by atoms with E-state index in [1.54, 1.807) is 31.2 Å². The Labute approximate surface area is 119 Å². The molecule has 1 aromatic carbocycles. The molecule has 0 aliphatic heterocycles. The number of rotatable bonds is 8. The van der Waals surface area contributed by atoms with Crippen LogP contribution in [0.15, 0.2) is 24.3 Å². The fourth-order valence-electron chi connectivity index (χ4n) is 1.70. The van der Waals surface area contributed by atoms with Gasteiger partial charge in [-0.1, -0.05) is 6.07 Å². The number of anilines is 1. The summed E-state index contributed by atoms with van der Waals surface area (Å²) >= 11 is 0. The van der Waals surface area contributed by atoms with Gasteiger partial charge in [-0.15, -0.1) is 0 Å². The Morgan fingerprint density at radius 3 is 2.65 bits per heavy atom. The number of hydrogen-bond donors (Lipinski definition) is 1. The molecular weight excluding hydrogens is 258 g/mol. The highest BCUT2D eigenvalue weighted by Crippen LogP contribution is 2.09. The minimum absolute atomic E-state index is 0.177. The van der Waals surface area contributed by atoms with E-state index < -0.39 is 0 Å². The fraction of sp³-hybridized carbons (Fsp3) is 0.467. The normalized spacial score (nSPS) is 10.1. The number of carbonyl (C=O) groups is 2. The molecule has 0 radical (unpaired) electrons. The quantitative estimate of drug-likeness (QED) is 0.449. The third-order valence-corrected chi connectivity index (χ3v) is 2.69. The summed E-state index contributed by atoms with van der Waals surface area (Å²) in [5.41, 5.74) is 6.58. The summed E-state index contributed by atoms with van der Waals surface area (Å²) in [4.78, 5) is 22.8. The highest BCUT2D eigenvalue weighted by atomic mass is 16.5. The minimum atomic E-state index is -0.373. The van der Waals surface area contributed by atoms with Crippen molar-refractivity contribution in [2.75, 3.05) is 18.9 Å². The van der Waals surface area contributed by atoms with Crippen LogP contribution in [0.2, 0.25) is 0 Å². The second-order valence-electron chi connectivity index (χ2n) is 4.38. The lowest BCUT2D eigenvalue weighted by Gasteiger charge is -2.05. The Bertz CT molecular complexity index is 445. The Morgan fingerprint density at radius 1 is 1.15 bits per heavy atom. The number of ether oxygens (including phenoxy) is 2. The molecule has 110 valence electrons. The van der Waals surface area contributed by atoms with Gasteiger partial charge < -0.3 is 15.2 Å². The lowest BCUT2D eigenvalue weighted by molar-refractivity contribution is -0.143. The van der Waals surface area contributed by atoms with Gasteiger partial charge in [-0.3, -0.25) is 4.79 Å². The third kappa shape index (κ3) is 6.22. The number of esters is 2. The molecule has 0 bridgehead atoms. The Balaban J connectivity index is 2.12. The molecule has 1 aromatic rings. The molecule has 0 aliphatic rings. The molecule has 0 spiro atoms. The summed E-state index contributed by atoms with van der Waals surface area (Å²) < 4.78 is 9.95. The number of carbonyl (C=O) groups excluding carboxylic acids is 2. The van der Waals surface area contributed by atoms with Crippen LogP contribution in [-0.4, -0.2) is 25.2 Å². The predicted octanol–water partition coefficient (Wildman–Crippen LogP) is 2.55. The Morgan fingerprint density at radius 2 is 1.95 bits per heavy atom. The van der Waals surface area contributed by atoms with Gasteiger partial charge in [0, 0.05) is 12.1 Å². The van der Waals surface area contributed by atoms with Gasteiger partial charge in [0.15, 0.2) is 0 Å². The molecule has 0 heterocycles. The summed E-state index contributed by atoms with van der Waals surface area (Å²) in [6.45, 7) is 2.54. The van der Waals surface area contributed by atoms with Crippen LogP contribution >= 0.6 is 0 Å². The Hall–Kier alpha value is -2.04. The van der Waals surface area contributed by atoms with Crippen molar-refractivity contribution in [1.29, 1.82) is 0 Å². The van der Waals surface area contributed by atoms with Crippen molar-refractivity contribution < 1.29 is 19.1 Å². The van der Waals surface area contributed by atoms with E-state index in [-0.39, 0.29) is 11.9 Å². The maximum atomic E-state index is 11.7. The largest absolute Gasteiger partial charge is 0.466 e. The van der Waals surface area contributed by atoms with Crippen LogP contribution in [-0.2, 0) is 14.3 Å². The first-order valence-electron chi connectivity index (χ1n) is 6.81. The van der Waals surface area contributed by atoms with Crippen molar-refractivity contribution in [3.05, 3.63) is 29.8 Å². The van der Waals surface area contributed by atoms with E-state index in [0.29, 0.717) is 30.9 Å². The average molecular weight is 279 g/mol. The predicted molar refractivity (Wildman–Crippen MR) is 76.2 cm³/mol. The first-order valence-corrected chi connectivity index (χ1v) is 6.81. The zero-order valence-electron chi connectivity index (χ0n) is 11.8. The lowest BCUT2D eigenvalue weighted by atomic mass is 10.2. The van der Waals surface area contributed by atoms with E-state index in [1.165, 1.54) is 0 Å². The topological polar surface area (TPSA) is 78.6 Å². The van der Waals surface area contributed by atoms with Crippen LogP contribution in [0.25, 0.3) is 0 Å². The number of unbranched alkanes of at least 4 members (excludes halogenated alkanes) is 2. The number of nitrogen functional groups attached to an aromatic ring is 1. The third-order valence-electron chi connectivity index (χ3n) is 2.69. The summed E-state index contributed by atoms with van der Waals surface area (Å²) in [7, 11) is 0. The summed E-state index contributed by atoms with van der Waals surface area (Å²) in [6, 6.07) is 6.68. The summed E-state index contributed by atoms with van der Waals surface area (Å²) in [5.74, 6) is -0.549. The van der Waals surface area contributed by atoms with Crippen molar-refractivity contribution in [2.24, 2.45) is 0 Å². The van der Waals surface area contributed by atoms with Gasteiger partial charge in [-0.05, 0) is 44.4 Å². The van der Waals surface area contributed by atoms with Gasteiger partial charge in [0.25, 0.3) is 0 Å². The minimum Gasteiger partial charge on any atom is -0.466 e. The van der Waals surface area contributed by atoms with Crippen molar-refractivity contribution in [2.45, 2.75) is 32.6 Å². The highest BCUT2D eigenvalue weighted by Gasteiger charge is 2.07. The molecule has 1 rings (SSSR count).